The van der Waals surface area contributed by atoms with Crippen LogP contribution in [-0.2, 0) is 4.79 Å². The number of carbonyl (C=O) groups excluding carboxylic acids is 1. The number of aromatic nitrogens is 1. The molecule has 110 valence electrons. The number of nitrogens with one attached hydrogen (secondary N) is 1. The van der Waals surface area contributed by atoms with Gasteiger partial charge < -0.3 is 10.1 Å². The van der Waals surface area contributed by atoms with Gasteiger partial charge in [0.1, 0.15) is 5.75 Å². The van der Waals surface area contributed by atoms with Crippen molar-refractivity contribution in [1.29, 1.82) is 0 Å². The fourth-order valence-corrected chi connectivity index (χ4v) is 2.78. The van der Waals surface area contributed by atoms with Crippen LogP contribution in [0.2, 0.25) is 0 Å². The molecule has 1 amide bonds. The van der Waals surface area contributed by atoms with Crippen molar-refractivity contribution in [3.63, 3.8) is 0 Å². The lowest BCUT2D eigenvalue weighted by Gasteiger charge is -2.03. The Labute approximate surface area is 132 Å². The van der Waals surface area contributed by atoms with Crippen LogP contribution >= 0.6 is 11.8 Å². The molecule has 3 rings (SSSR count). The van der Waals surface area contributed by atoms with Crippen LogP contribution in [0.15, 0.2) is 58.7 Å². The molecule has 22 heavy (non-hydrogen) atoms. The third-order valence-corrected chi connectivity index (χ3v) is 3.86. The van der Waals surface area contributed by atoms with E-state index >= 15 is 0 Å². The molecule has 1 saturated heterocycles. The number of aliphatic imine (C=N–C) groups is 1. The van der Waals surface area contributed by atoms with Gasteiger partial charge >= 0.3 is 0 Å². The van der Waals surface area contributed by atoms with Crippen LogP contribution in [0.5, 0.6) is 5.75 Å². The summed E-state index contributed by atoms with van der Waals surface area (Å²) >= 11 is 1.29. The Morgan fingerprint density at radius 3 is 2.91 bits per heavy atom. The molecule has 2 aromatic rings. The Morgan fingerprint density at radius 2 is 2.14 bits per heavy atom. The number of amidine groups is 1. The van der Waals surface area contributed by atoms with Crippen LogP contribution in [0.25, 0.3) is 6.08 Å². The van der Waals surface area contributed by atoms with Crippen molar-refractivity contribution in [3.8, 4) is 5.75 Å². The number of hydrogen-bond donors (Lipinski definition) is 1. The van der Waals surface area contributed by atoms with Gasteiger partial charge in [0.15, 0.2) is 5.17 Å². The summed E-state index contributed by atoms with van der Waals surface area (Å²) in [5.74, 6) is 0.555. The molecule has 0 unspecified atom stereocenters. The summed E-state index contributed by atoms with van der Waals surface area (Å²) < 4.78 is 5.29. The third kappa shape index (κ3) is 3.17. The highest BCUT2D eigenvalue weighted by Crippen LogP contribution is 2.30. The van der Waals surface area contributed by atoms with Crippen molar-refractivity contribution in [2.45, 2.75) is 0 Å². The first-order valence-corrected chi connectivity index (χ1v) is 7.40. The fraction of sp³-hybridized carbons (Fsp3) is 0.0625. The quantitative estimate of drug-likeness (QED) is 0.885. The number of benzene rings is 1. The van der Waals surface area contributed by atoms with E-state index in [2.05, 4.69) is 15.3 Å². The Hall–Kier alpha value is -2.60. The summed E-state index contributed by atoms with van der Waals surface area (Å²) in [7, 11) is 1.61. The average Bonchev–Trinajstić information content (AvgIpc) is 2.88. The van der Waals surface area contributed by atoms with Gasteiger partial charge in [-0.15, -0.1) is 0 Å². The van der Waals surface area contributed by atoms with Crippen LogP contribution in [0.3, 0.4) is 0 Å². The largest absolute Gasteiger partial charge is 0.496 e. The Bertz CT molecular complexity index is 757. The van der Waals surface area contributed by atoms with Gasteiger partial charge in [0.05, 0.1) is 23.9 Å². The first-order chi connectivity index (χ1) is 10.8. The zero-order valence-electron chi connectivity index (χ0n) is 11.8. The van der Waals surface area contributed by atoms with Crippen LogP contribution < -0.4 is 10.1 Å². The number of hydrogen-bond acceptors (Lipinski definition) is 5. The molecule has 1 N–H and O–H groups in total. The Kier molecular flexibility index (Phi) is 4.20. The average molecular weight is 311 g/mol. The van der Waals surface area contributed by atoms with Crippen molar-refractivity contribution in [2.24, 2.45) is 4.99 Å². The molecule has 6 heteroatoms. The lowest BCUT2D eigenvalue weighted by atomic mass is 10.2. The van der Waals surface area contributed by atoms with Gasteiger partial charge in [0, 0.05) is 11.8 Å². The minimum atomic E-state index is -0.168. The molecule has 0 spiro atoms. The second-order valence-electron chi connectivity index (χ2n) is 4.43. The van der Waals surface area contributed by atoms with E-state index in [0.717, 1.165) is 11.3 Å². The third-order valence-electron chi connectivity index (χ3n) is 2.95. The van der Waals surface area contributed by atoms with Gasteiger partial charge in [-0.25, -0.2) is 4.99 Å². The van der Waals surface area contributed by atoms with E-state index in [-0.39, 0.29) is 5.91 Å². The number of methoxy groups -OCH3 is 1. The predicted molar refractivity (Wildman–Crippen MR) is 88.0 cm³/mol. The summed E-state index contributed by atoms with van der Waals surface area (Å²) in [5.41, 5.74) is 1.55. The van der Waals surface area contributed by atoms with Gasteiger partial charge in [-0.2, -0.15) is 0 Å². The summed E-state index contributed by atoms with van der Waals surface area (Å²) in [6.07, 6.45) is 5.11. The molecule has 0 atom stereocenters. The van der Waals surface area contributed by atoms with E-state index in [4.69, 9.17) is 4.74 Å². The molecule has 1 aromatic carbocycles. The molecule has 1 aliphatic rings. The summed E-state index contributed by atoms with van der Waals surface area (Å²) in [5, 5.41) is 3.29. The van der Waals surface area contributed by atoms with Gasteiger partial charge in [0.25, 0.3) is 5.91 Å². The second kappa shape index (κ2) is 6.44. The fourth-order valence-electron chi connectivity index (χ4n) is 1.94. The first-order valence-electron chi connectivity index (χ1n) is 6.59. The molecule has 1 aromatic heterocycles. The standard InChI is InChI=1S/C16H13N3O2S/c1-21-13-7-3-2-5-11(13)9-14-15(20)19-16(22-14)18-12-6-4-8-17-10-12/h2-10H,1H3,(H,18,19,20)/b14-9-. The number of nitrogens with zero attached hydrogens (tertiary/aromatic N) is 2. The van der Waals surface area contributed by atoms with E-state index in [1.807, 2.05) is 30.3 Å². The van der Waals surface area contributed by atoms with Crippen molar-refractivity contribution < 1.29 is 9.53 Å². The molecule has 0 bridgehead atoms. The number of thioether (sulfide) groups is 1. The normalized spacial score (nSPS) is 17.8. The zero-order valence-corrected chi connectivity index (χ0v) is 12.6. The smallest absolute Gasteiger partial charge is 0.264 e. The lowest BCUT2D eigenvalue weighted by Crippen LogP contribution is -2.19. The van der Waals surface area contributed by atoms with Crippen LogP contribution in [-0.4, -0.2) is 23.2 Å². The minimum absolute atomic E-state index is 0.168. The highest BCUT2D eigenvalue weighted by atomic mass is 32.2. The topological polar surface area (TPSA) is 63.6 Å². The maximum atomic E-state index is 12.0. The minimum Gasteiger partial charge on any atom is -0.496 e. The number of pyridine rings is 1. The van der Waals surface area contributed by atoms with E-state index in [0.29, 0.717) is 15.8 Å². The molecule has 0 aliphatic carbocycles. The summed E-state index contributed by atoms with van der Waals surface area (Å²) in [4.78, 5) is 21.0. The van der Waals surface area contributed by atoms with Crippen molar-refractivity contribution >= 4 is 34.6 Å². The number of rotatable bonds is 3. The molecule has 5 nitrogen and oxygen atoms in total. The summed E-state index contributed by atoms with van der Waals surface area (Å²) in [6.45, 7) is 0. The number of ether oxygens (including phenoxy) is 1. The van der Waals surface area contributed by atoms with Crippen molar-refractivity contribution in [1.82, 2.24) is 10.3 Å². The van der Waals surface area contributed by atoms with E-state index in [9.17, 15) is 4.79 Å². The molecular weight excluding hydrogens is 298 g/mol. The SMILES string of the molecule is COc1ccccc1/C=C1\SC(=Nc2cccnc2)NC1=O. The molecule has 1 aliphatic heterocycles. The predicted octanol–water partition coefficient (Wildman–Crippen LogP) is 2.98. The monoisotopic (exact) mass is 311 g/mol. The summed E-state index contributed by atoms with van der Waals surface area (Å²) in [6, 6.07) is 11.2. The maximum Gasteiger partial charge on any atom is 0.264 e. The van der Waals surface area contributed by atoms with Crippen molar-refractivity contribution in [3.05, 3.63) is 59.3 Å². The van der Waals surface area contributed by atoms with Crippen LogP contribution in [0.1, 0.15) is 5.56 Å². The number of amides is 1. The van der Waals surface area contributed by atoms with E-state index in [1.165, 1.54) is 11.8 Å². The number of para-hydroxylation sites is 1. The second-order valence-corrected chi connectivity index (χ2v) is 5.47. The molecule has 1 fully saturated rings. The molecule has 0 saturated carbocycles. The number of carbonyl (C=O) groups is 1. The van der Waals surface area contributed by atoms with Gasteiger partial charge in [-0.1, -0.05) is 18.2 Å². The van der Waals surface area contributed by atoms with E-state index in [1.54, 1.807) is 31.6 Å². The van der Waals surface area contributed by atoms with Gasteiger partial charge in [-0.05, 0) is 36.0 Å². The Balaban J connectivity index is 1.86. The highest BCUT2D eigenvalue weighted by molar-refractivity contribution is 8.18. The van der Waals surface area contributed by atoms with Crippen LogP contribution in [0.4, 0.5) is 5.69 Å². The van der Waals surface area contributed by atoms with Crippen molar-refractivity contribution in [2.75, 3.05) is 7.11 Å². The lowest BCUT2D eigenvalue weighted by molar-refractivity contribution is -0.115. The Morgan fingerprint density at radius 1 is 1.27 bits per heavy atom. The molecular formula is C16H13N3O2S. The molecule has 2 heterocycles. The molecule has 0 radical (unpaired) electrons. The zero-order chi connectivity index (χ0) is 15.4. The van der Waals surface area contributed by atoms with Gasteiger partial charge in [-0.3, -0.25) is 9.78 Å². The maximum absolute atomic E-state index is 12.0. The van der Waals surface area contributed by atoms with E-state index < -0.39 is 0 Å². The van der Waals surface area contributed by atoms with Crippen LogP contribution in [0, 0.1) is 0 Å². The first kappa shape index (κ1) is 14.3. The highest BCUT2D eigenvalue weighted by Gasteiger charge is 2.24. The van der Waals surface area contributed by atoms with Gasteiger partial charge in [0.2, 0.25) is 0 Å².